The van der Waals surface area contributed by atoms with Crippen molar-refractivity contribution in [3.8, 4) is 0 Å². The maximum Gasteiger partial charge on any atom is 0.223 e. The molecule has 4 heteroatoms. The second-order valence-electron chi connectivity index (χ2n) is 5.50. The number of furan rings is 1. The van der Waals surface area contributed by atoms with Gasteiger partial charge in [-0.15, -0.1) is 0 Å². The van der Waals surface area contributed by atoms with Crippen LogP contribution in [0.25, 0.3) is 0 Å². The lowest BCUT2D eigenvalue weighted by Crippen LogP contribution is -2.34. The lowest BCUT2D eigenvalue weighted by molar-refractivity contribution is -0.134. The molecule has 1 saturated heterocycles. The Bertz CT molecular complexity index is 427. The molecule has 1 unspecified atom stereocenters. The first kappa shape index (κ1) is 15.1. The minimum atomic E-state index is 0.112. The van der Waals surface area contributed by atoms with E-state index in [0.29, 0.717) is 13.0 Å². The third-order valence-corrected chi connectivity index (χ3v) is 3.90. The molecule has 0 aliphatic carbocycles. The van der Waals surface area contributed by atoms with Crippen molar-refractivity contribution < 1.29 is 13.9 Å². The molecule has 1 atom stereocenters. The topological polar surface area (TPSA) is 42.7 Å². The summed E-state index contributed by atoms with van der Waals surface area (Å²) in [4.78, 5) is 14.5. The number of hydrogen-bond acceptors (Lipinski definition) is 3. The van der Waals surface area contributed by atoms with Crippen molar-refractivity contribution in [2.75, 3.05) is 20.3 Å². The molecule has 1 aromatic rings. The van der Waals surface area contributed by atoms with Crippen molar-refractivity contribution in [1.82, 2.24) is 4.90 Å². The van der Waals surface area contributed by atoms with Crippen LogP contribution < -0.4 is 0 Å². The highest BCUT2D eigenvalue weighted by atomic mass is 16.5. The van der Waals surface area contributed by atoms with Crippen LogP contribution in [0.2, 0.25) is 0 Å². The molecule has 0 N–H and O–H groups in total. The molecule has 1 aliphatic heterocycles. The molecule has 0 spiro atoms. The fourth-order valence-corrected chi connectivity index (χ4v) is 2.85. The van der Waals surface area contributed by atoms with Gasteiger partial charge in [0.25, 0.3) is 0 Å². The maximum absolute atomic E-state index is 12.4. The molecule has 20 heavy (non-hydrogen) atoms. The van der Waals surface area contributed by atoms with Gasteiger partial charge in [-0.3, -0.25) is 4.79 Å². The summed E-state index contributed by atoms with van der Waals surface area (Å²) in [6.45, 7) is 3.44. The quantitative estimate of drug-likeness (QED) is 0.775. The van der Waals surface area contributed by atoms with Crippen LogP contribution in [-0.2, 0) is 9.53 Å². The minimum absolute atomic E-state index is 0.112. The highest BCUT2D eigenvalue weighted by molar-refractivity contribution is 5.76. The van der Waals surface area contributed by atoms with E-state index in [0.717, 1.165) is 43.7 Å². The number of methoxy groups -OCH3 is 1. The van der Waals surface area contributed by atoms with Gasteiger partial charge in [0, 0.05) is 26.7 Å². The van der Waals surface area contributed by atoms with Crippen molar-refractivity contribution in [3.63, 3.8) is 0 Å². The van der Waals surface area contributed by atoms with Crippen LogP contribution in [0.15, 0.2) is 16.5 Å². The van der Waals surface area contributed by atoms with E-state index in [2.05, 4.69) is 0 Å². The van der Waals surface area contributed by atoms with E-state index >= 15 is 0 Å². The number of carbonyl (C=O) groups excluding carboxylic acids is 1. The maximum atomic E-state index is 12.4. The molecule has 112 valence electrons. The first-order valence-corrected chi connectivity index (χ1v) is 7.57. The zero-order chi connectivity index (χ0) is 14.4. The van der Waals surface area contributed by atoms with Crippen LogP contribution >= 0.6 is 0 Å². The van der Waals surface area contributed by atoms with Crippen molar-refractivity contribution in [2.24, 2.45) is 0 Å². The Morgan fingerprint density at radius 2 is 2.25 bits per heavy atom. The standard InChI is InChI=1S/C16H25NO3/c1-13-9-10-15(20-13)14-7-4-3-5-11-17(14)16(18)8-6-12-19-2/h9-10,14H,3-8,11-12H2,1-2H3. The Morgan fingerprint density at radius 1 is 1.40 bits per heavy atom. The van der Waals surface area contributed by atoms with Gasteiger partial charge >= 0.3 is 0 Å². The molecule has 0 bridgehead atoms. The average molecular weight is 279 g/mol. The largest absolute Gasteiger partial charge is 0.464 e. The molecule has 4 nitrogen and oxygen atoms in total. The summed E-state index contributed by atoms with van der Waals surface area (Å²) in [5.41, 5.74) is 0. The summed E-state index contributed by atoms with van der Waals surface area (Å²) in [6.07, 6.45) is 5.79. The van der Waals surface area contributed by atoms with Crippen molar-refractivity contribution in [1.29, 1.82) is 0 Å². The van der Waals surface area contributed by atoms with Crippen molar-refractivity contribution >= 4 is 5.91 Å². The monoisotopic (exact) mass is 279 g/mol. The van der Waals surface area contributed by atoms with Gasteiger partial charge in [-0.1, -0.05) is 12.8 Å². The summed E-state index contributed by atoms with van der Waals surface area (Å²) in [7, 11) is 1.67. The Labute approximate surface area is 121 Å². The van der Waals surface area contributed by atoms with E-state index < -0.39 is 0 Å². The number of likely N-dealkylation sites (tertiary alicyclic amines) is 1. The minimum Gasteiger partial charge on any atom is -0.464 e. The molecule has 1 aliphatic rings. The van der Waals surface area contributed by atoms with Crippen molar-refractivity contribution in [2.45, 2.75) is 51.5 Å². The lowest BCUT2D eigenvalue weighted by atomic mass is 10.1. The van der Waals surface area contributed by atoms with Gasteiger partial charge in [0.2, 0.25) is 5.91 Å². The molecular formula is C16H25NO3. The smallest absolute Gasteiger partial charge is 0.223 e. The molecule has 1 aromatic heterocycles. The lowest BCUT2D eigenvalue weighted by Gasteiger charge is -2.28. The molecule has 0 saturated carbocycles. The fourth-order valence-electron chi connectivity index (χ4n) is 2.85. The molecule has 0 radical (unpaired) electrons. The van der Waals surface area contributed by atoms with Crippen molar-refractivity contribution in [3.05, 3.63) is 23.7 Å². The highest BCUT2D eigenvalue weighted by Crippen LogP contribution is 2.31. The molecular weight excluding hydrogens is 254 g/mol. The van der Waals surface area contributed by atoms with Gasteiger partial charge in [0.05, 0.1) is 6.04 Å². The second-order valence-corrected chi connectivity index (χ2v) is 5.50. The van der Waals surface area contributed by atoms with E-state index in [4.69, 9.17) is 9.15 Å². The third kappa shape index (κ3) is 3.85. The molecule has 0 aromatic carbocycles. The number of ether oxygens (including phenoxy) is 1. The van der Waals surface area contributed by atoms with Crippen LogP contribution in [0.5, 0.6) is 0 Å². The fraction of sp³-hybridized carbons (Fsp3) is 0.688. The summed E-state index contributed by atoms with van der Waals surface area (Å²) < 4.78 is 10.8. The van der Waals surface area contributed by atoms with E-state index in [9.17, 15) is 4.79 Å². The van der Waals surface area contributed by atoms with Crippen LogP contribution in [0.3, 0.4) is 0 Å². The number of nitrogens with zero attached hydrogens (tertiary/aromatic N) is 1. The summed E-state index contributed by atoms with van der Waals surface area (Å²) in [6, 6.07) is 4.11. The van der Waals surface area contributed by atoms with Gasteiger partial charge < -0.3 is 14.1 Å². The number of carbonyl (C=O) groups is 1. The highest BCUT2D eigenvalue weighted by Gasteiger charge is 2.28. The molecule has 2 heterocycles. The number of aryl methyl sites for hydroxylation is 1. The van der Waals surface area contributed by atoms with Gasteiger partial charge in [0.1, 0.15) is 11.5 Å². The molecule has 1 amide bonds. The third-order valence-electron chi connectivity index (χ3n) is 3.90. The van der Waals surface area contributed by atoms with Crippen LogP contribution in [0.4, 0.5) is 0 Å². The number of rotatable bonds is 5. The zero-order valence-electron chi connectivity index (χ0n) is 12.6. The zero-order valence-corrected chi connectivity index (χ0v) is 12.6. The Hall–Kier alpha value is -1.29. The first-order chi connectivity index (χ1) is 9.72. The SMILES string of the molecule is COCCCC(=O)N1CCCCCC1c1ccc(C)o1. The van der Waals surface area contributed by atoms with E-state index in [1.54, 1.807) is 7.11 Å². The van der Waals surface area contributed by atoms with E-state index in [-0.39, 0.29) is 11.9 Å². The van der Waals surface area contributed by atoms with Gasteiger partial charge in [0.15, 0.2) is 0 Å². The first-order valence-electron chi connectivity index (χ1n) is 7.57. The molecule has 1 fully saturated rings. The van der Waals surface area contributed by atoms with E-state index in [1.807, 2.05) is 24.0 Å². The van der Waals surface area contributed by atoms with Gasteiger partial charge in [-0.2, -0.15) is 0 Å². The van der Waals surface area contributed by atoms with Crippen LogP contribution in [0.1, 0.15) is 56.1 Å². The number of hydrogen-bond donors (Lipinski definition) is 0. The van der Waals surface area contributed by atoms with Crippen LogP contribution in [0, 0.1) is 6.92 Å². The predicted octanol–water partition coefficient (Wildman–Crippen LogP) is 3.46. The summed E-state index contributed by atoms with van der Waals surface area (Å²) >= 11 is 0. The summed E-state index contributed by atoms with van der Waals surface area (Å²) in [5.74, 6) is 2.07. The Kier molecular flexibility index (Phi) is 5.65. The average Bonchev–Trinajstić information content (AvgIpc) is 2.73. The number of amides is 1. The summed E-state index contributed by atoms with van der Waals surface area (Å²) in [5, 5.41) is 0. The normalized spacial score (nSPS) is 19.9. The Balaban J connectivity index is 2.06. The molecule has 2 rings (SSSR count). The van der Waals surface area contributed by atoms with E-state index in [1.165, 1.54) is 6.42 Å². The second kappa shape index (κ2) is 7.48. The predicted molar refractivity (Wildman–Crippen MR) is 77.5 cm³/mol. The van der Waals surface area contributed by atoms with Gasteiger partial charge in [-0.05, 0) is 38.3 Å². The Morgan fingerprint density at radius 3 is 2.95 bits per heavy atom. The van der Waals surface area contributed by atoms with Crippen LogP contribution in [-0.4, -0.2) is 31.1 Å². The van der Waals surface area contributed by atoms with Gasteiger partial charge in [-0.25, -0.2) is 0 Å².